The van der Waals surface area contributed by atoms with E-state index in [1.807, 2.05) is 31.7 Å². The van der Waals surface area contributed by atoms with E-state index in [2.05, 4.69) is 24.3 Å². The zero-order chi connectivity index (χ0) is 16.2. The zero-order valence-corrected chi connectivity index (χ0v) is 13.9. The van der Waals surface area contributed by atoms with E-state index in [0.29, 0.717) is 18.4 Å². The van der Waals surface area contributed by atoms with Crippen molar-refractivity contribution in [2.45, 2.75) is 45.1 Å². The van der Waals surface area contributed by atoms with Crippen LogP contribution < -0.4 is 5.73 Å². The fraction of sp³-hybridized carbons (Fsp3) is 0.611. The normalized spacial score (nSPS) is 18.1. The van der Waals surface area contributed by atoms with Crippen LogP contribution >= 0.6 is 0 Å². The second-order valence-electron chi connectivity index (χ2n) is 7.06. The van der Waals surface area contributed by atoms with Crippen LogP contribution in [-0.4, -0.2) is 36.2 Å². The van der Waals surface area contributed by atoms with Crippen molar-refractivity contribution in [2.24, 2.45) is 11.7 Å². The van der Waals surface area contributed by atoms with Gasteiger partial charge in [0.2, 0.25) is 0 Å². The molecule has 2 rings (SSSR count). The van der Waals surface area contributed by atoms with Crippen molar-refractivity contribution in [1.82, 2.24) is 4.90 Å². The Morgan fingerprint density at radius 3 is 2.36 bits per heavy atom. The molecule has 1 saturated heterocycles. The van der Waals surface area contributed by atoms with E-state index in [-0.39, 0.29) is 6.09 Å². The van der Waals surface area contributed by atoms with Crippen LogP contribution in [0.15, 0.2) is 30.3 Å². The Balaban J connectivity index is 1.92. The van der Waals surface area contributed by atoms with Gasteiger partial charge < -0.3 is 15.4 Å². The van der Waals surface area contributed by atoms with E-state index in [4.69, 9.17) is 10.5 Å². The molecule has 1 fully saturated rings. The molecule has 0 unspecified atom stereocenters. The summed E-state index contributed by atoms with van der Waals surface area (Å²) in [5.74, 6) is 0.910. The summed E-state index contributed by atoms with van der Waals surface area (Å²) >= 11 is 0. The summed E-state index contributed by atoms with van der Waals surface area (Å²) in [7, 11) is 0. The number of carbonyl (C=O) groups is 1. The number of ether oxygens (including phenoxy) is 1. The van der Waals surface area contributed by atoms with Crippen LogP contribution in [0.25, 0.3) is 0 Å². The number of likely N-dealkylation sites (tertiary alicyclic amines) is 1. The van der Waals surface area contributed by atoms with Crippen LogP contribution in [0.2, 0.25) is 0 Å². The van der Waals surface area contributed by atoms with E-state index < -0.39 is 5.60 Å². The van der Waals surface area contributed by atoms with Crippen molar-refractivity contribution < 1.29 is 9.53 Å². The van der Waals surface area contributed by atoms with Crippen LogP contribution in [0.1, 0.15) is 45.1 Å². The lowest BCUT2D eigenvalue weighted by molar-refractivity contribution is 0.0175. The molecule has 1 heterocycles. The van der Waals surface area contributed by atoms with Crippen LogP contribution in [-0.2, 0) is 4.74 Å². The Hall–Kier alpha value is -1.55. The third-order valence-corrected chi connectivity index (χ3v) is 4.24. The second kappa shape index (κ2) is 7.14. The first-order valence-corrected chi connectivity index (χ1v) is 8.13. The van der Waals surface area contributed by atoms with Gasteiger partial charge >= 0.3 is 6.09 Å². The largest absolute Gasteiger partial charge is 0.444 e. The maximum absolute atomic E-state index is 12.1. The highest BCUT2D eigenvalue weighted by molar-refractivity contribution is 5.68. The first kappa shape index (κ1) is 16.8. The smallest absolute Gasteiger partial charge is 0.410 e. The van der Waals surface area contributed by atoms with Gasteiger partial charge in [-0.2, -0.15) is 0 Å². The molecule has 22 heavy (non-hydrogen) atoms. The van der Waals surface area contributed by atoms with E-state index in [9.17, 15) is 4.79 Å². The Morgan fingerprint density at radius 2 is 1.86 bits per heavy atom. The standard InChI is InChI=1S/C18H28N2O2/c1-18(2,3)22-17(21)20-11-9-15(10-12-20)16(13-19)14-7-5-4-6-8-14/h4-8,15-16H,9-13,19H2,1-3H3/t16-/m0/s1. The minimum absolute atomic E-state index is 0.199. The summed E-state index contributed by atoms with van der Waals surface area (Å²) in [6.07, 6.45) is 1.77. The number of amides is 1. The average molecular weight is 304 g/mol. The number of carbonyl (C=O) groups excluding carboxylic acids is 1. The molecule has 1 aliphatic heterocycles. The van der Waals surface area contributed by atoms with Crippen LogP contribution in [0.3, 0.4) is 0 Å². The molecule has 122 valence electrons. The minimum Gasteiger partial charge on any atom is -0.444 e. The molecule has 1 amide bonds. The highest BCUT2D eigenvalue weighted by Crippen LogP contribution is 2.32. The Labute approximate surface area is 133 Å². The van der Waals surface area contributed by atoms with Crippen molar-refractivity contribution in [3.63, 3.8) is 0 Å². The highest BCUT2D eigenvalue weighted by Gasteiger charge is 2.30. The molecule has 1 aromatic rings. The van der Waals surface area contributed by atoms with Gasteiger partial charge in [-0.05, 0) is 57.6 Å². The first-order valence-electron chi connectivity index (χ1n) is 8.13. The van der Waals surface area contributed by atoms with E-state index in [0.717, 1.165) is 25.9 Å². The number of hydrogen-bond acceptors (Lipinski definition) is 3. The number of benzene rings is 1. The first-order chi connectivity index (χ1) is 10.4. The van der Waals surface area contributed by atoms with Crippen LogP contribution in [0.4, 0.5) is 4.79 Å². The van der Waals surface area contributed by atoms with Crippen LogP contribution in [0.5, 0.6) is 0 Å². The summed E-state index contributed by atoms with van der Waals surface area (Å²) in [4.78, 5) is 13.9. The predicted molar refractivity (Wildman–Crippen MR) is 88.8 cm³/mol. The van der Waals surface area contributed by atoms with Gasteiger partial charge in [-0.1, -0.05) is 30.3 Å². The van der Waals surface area contributed by atoms with Gasteiger partial charge in [0.1, 0.15) is 5.60 Å². The molecular formula is C18H28N2O2. The molecule has 0 bridgehead atoms. The van der Waals surface area contributed by atoms with Gasteiger partial charge in [0.25, 0.3) is 0 Å². The van der Waals surface area contributed by atoms with Gasteiger partial charge in [0, 0.05) is 13.1 Å². The molecular weight excluding hydrogens is 276 g/mol. The fourth-order valence-corrected chi connectivity index (χ4v) is 3.11. The van der Waals surface area contributed by atoms with Gasteiger partial charge in [-0.15, -0.1) is 0 Å². The lowest BCUT2D eigenvalue weighted by Crippen LogP contribution is -2.43. The minimum atomic E-state index is -0.433. The predicted octanol–water partition coefficient (Wildman–Crippen LogP) is 3.38. The summed E-state index contributed by atoms with van der Waals surface area (Å²) in [5, 5.41) is 0. The number of piperidine rings is 1. The number of nitrogens with two attached hydrogens (primary N) is 1. The average Bonchev–Trinajstić information content (AvgIpc) is 2.48. The molecule has 0 saturated carbocycles. The molecule has 4 heteroatoms. The summed E-state index contributed by atoms with van der Waals surface area (Å²) in [6, 6.07) is 10.5. The second-order valence-corrected chi connectivity index (χ2v) is 7.06. The van der Waals surface area contributed by atoms with Gasteiger partial charge in [0.15, 0.2) is 0 Å². The molecule has 2 N–H and O–H groups in total. The lowest BCUT2D eigenvalue weighted by Gasteiger charge is -2.36. The highest BCUT2D eigenvalue weighted by atomic mass is 16.6. The van der Waals surface area contributed by atoms with Gasteiger partial charge in [-0.25, -0.2) is 4.79 Å². The van der Waals surface area contributed by atoms with Crippen molar-refractivity contribution >= 4 is 6.09 Å². The molecule has 4 nitrogen and oxygen atoms in total. The van der Waals surface area contributed by atoms with E-state index >= 15 is 0 Å². The maximum Gasteiger partial charge on any atom is 0.410 e. The Bertz CT molecular complexity index is 474. The molecule has 1 atom stereocenters. The Morgan fingerprint density at radius 1 is 1.27 bits per heavy atom. The molecule has 1 aromatic carbocycles. The van der Waals surface area contributed by atoms with Gasteiger partial charge in [-0.3, -0.25) is 0 Å². The third-order valence-electron chi connectivity index (χ3n) is 4.24. The summed E-state index contributed by atoms with van der Waals surface area (Å²) < 4.78 is 5.45. The third kappa shape index (κ3) is 4.47. The summed E-state index contributed by atoms with van der Waals surface area (Å²) in [6.45, 7) is 7.86. The van der Waals surface area contributed by atoms with E-state index in [1.165, 1.54) is 5.56 Å². The summed E-state index contributed by atoms with van der Waals surface area (Å²) in [5.41, 5.74) is 6.88. The quantitative estimate of drug-likeness (QED) is 0.931. The Kier molecular flexibility index (Phi) is 5.46. The van der Waals surface area contributed by atoms with Crippen molar-refractivity contribution in [1.29, 1.82) is 0 Å². The zero-order valence-electron chi connectivity index (χ0n) is 13.9. The van der Waals surface area contributed by atoms with Gasteiger partial charge in [0.05, 0.1) is 0 Å². The molecule has 0 radical (unpaired) electrons. The lowest BCUT2D eigenvalue weighted by atomic mass is 9.80. The molecule has 0 aromatic heterocycles. The fourth-order valence-electron chi connectivity index (χ4n) is 3.11. The maximum atomic E-state index is 12.1. The van der Waals surface area contributed by atoms with Crippen molar-refractivity contribution in [3.05, 3.63) is 35.9 Å². The SMILES string of the molecule is CC(C)(C)OC(=O)N1CCC([C@@H](CN)c2ccccc2)CC1. The monoisotopic (exact) mass is 304 g/mol. The number of rotatable bonds is 3. The van der Waals surface area contributed by atoms with Crippen molar-refractivity contribution in [3.8, 4) is 0 Å². The molecule has 0 aliphatic carbocycles. The molecule has 1 aliphatic rings. The topological polar surface area (TPSA) is 55.6 Å². The number of nitrogens with zero attached hydrogens (tertiary/aromatic N) is 1. The molecule has 0 spiro atoms. The van der Waals surface area contributed by atoms with Crippen molar-refractivity contribution in [2.75, 3.05) is 19.6 Å². The van der Waals surface area contributed by atoms with Crippen LogP contribution in [0, 0.1) is 5.92 Å². The van der Waals surface area contributed by atoms with E-state index in [1.54, 1.807) is 0 Å². The number of hydrogen-bond donors (Lipinski definition) is 1.